The number of piperidine rings is 1. The number of rotatable bonds is 2. The smallest absolute Gasteiger partial charge is 0.134 e. The Labute approximate surface area is 108 Å². The molecule has 0 bridgehead atoms. The number of aromatic nitrogens is 2. The zero-order valence-electron chi connectivity index (χ0n) is 10.6. The summed E-state index contributed by atoms with van der Waals surface area (Å²) in [7, 11) is 4.26. The van der Waals surface area contributed by atoms with Gasteiger partial charge in [-0.3, -0.25) is 0 Å². The third-order valence-corrected chi connectivity index (χ3v) is 3.44. The maximum absolute atomic E-state index is 5.98. The molecular weight excluding hydrogens is 236 g/mol. The Balaban J connectivity index is 2.16. The van der Waals surface area contributed by atoms with Gasteiger partial charge in [0.05, 0.1) is 0 Å². The Hall–Kier alpha value is -0.870. The fraction of sp³-hybridized carbons (Fsp3) is 0.667. The molecule has 1 fully saturated rings. The van der Waals surface area contributed by atoms with Crippen LogP contribution in [-0.4, -0.2) is 48.1 Å². The highest BCUT2D eigenvalue weighted by Crippen LogP contribution is 2.21. The molecule has 0 radical (unpaired) electrons. The van der Waals surface area contributed by atoms with Crippen LogP contribution in [0.1, 0.15) is 18.7 Å². The largest absolute Gasteiger partial charge is 0.355 e. The van der Waals surface area contributed by atoms with E-state index in [9.17, 15) is 0 Å². The first-order chi connectivity index (χ1) is 8.06. The Morgan fingerprint density at radius 3 is 2.82 bits per heavy atom. The molecule has 1 atom stereocenters. The fourth-order valence-electron chi connectivity index (χ4n) is 2.26. The van der Waals surface area contributed by atoms with Gasteiger partial charge in [0.1, 0.15) is 16.8 Å². The van der Waals surface area contributed by atoms with Gasteiger partial charge in [0.2, 0.25) is 0 Å². The van der Waals surface area contributed by atoms with E-state index in [1.165, 1.54) is 12.8 Å². The molecule has 94 valence electrons. The molecule has 5 heteroatoms. The second kappa shape index (κ2) is 5.19. The highest BCUT2D eigenvalue weighted by Gasteiger charge is 2.22. The third-order valence-electron chi connectivity index (χ3n) is 3.24. The molecule has 1 aliphatic heterocycles. The number of likely N-dealkylation sites (N-methyl/N-ethyl adjacent to an activating group) is 1. The molecule has 0 saturated carbocycles. The van der Waals surface area contributed by atoms with E-state index in [4.69, 9.17) is 11.6 Å². The lowest BCUT2D eigenvalue weighted by atomic mass is 10.1. The van der Waals surface area contributed by atoms with Gasteiger partial charge in [-0.15, -0.1) is 0 Å². The Bertz CT molecular complexity index is 374. The molecule has 0 aliphatic carbocycles. The molecule has 17 heavy (non-hydrogen) atoms. The molecule has 2 heterocycles. The SMILES string of the molecule is Cc1nc(Cl)cc(N2CCCC(N(C)C)C2)n1. The van der Waals surface area contributed by atoms with Crippen LogP contribution >= 0.6 is 11.6 Å². The van der Waals surface area contributed by atoms with Crippen LogP contribution in [0.2, 0.25) is 5.15 Å². The molecular formula is C12H19ClN4. The van der Waals surface area contributed by atoms with Crippen molar-refractivity contribution in [1.29, 1.82) is 0 Å². The second-order valence-electron chi connectivity index (χ2n) is 4.80. The van der Waals surface area contributed by atoms with Crippen LogP contribution in [0.25, 0.3) is 0 Å². The van der Waals surface area contributed by atoms with Crippen molar-refractivity contribution in [2.24, 2.45) is 0 Å². The van der Waals surface area contributed by atoms with Crippen LogP contribution in [0.5, 0.6) is 0 Å². The quantitative estimate of drug-likeness (QED) is 0.756. The fourth-order valence-corrected chi connectivity index (χ4v) is 2.48. The van der Waals surface area contributed by atoms with Gasteiger partial charge in [-0.25, -0.2) is 9.97 Å². The number of anilines is 1. The zero-order chi connectivity index (χ0) is 12.4. The number of hydrogen-bond donors (Lipinski definition) is 0. The minimum Gasteiger partial charge on any atom is -0.355 e. The molecule has 1 aromatic rings. The first-order valence-electron chi connectivity index (χ1n) is 5.99. The minimum absolute atomic E-state index is 0.527. The van der Waals surface area contributed by atoms with Gasteiger partial charge in [0.25, 0.3) is 0 Å². The molecule has 0 aromatic carbocycles. The van der Waals surface area contributed by atoms with Crippen LogP contribution in [0, 0.1) is 6.92 Å². The second-order valence-corrected chi connectivity index (χ2v) is 5.19. The summed E-state index contributed by atoms with van der Waals surface area (Å²) in [5, 5.41) is 0.527. The van der Waals surface area contributed by atoms with Gasteiger partial charge in [-0.1, -0.05) is 11.6 Å². The van der Waals surface area contributed by atoms with Gasteiger partial charge >= 0.3 is 0 Å². The first kappa shape index (κ1) is 12.6. The van der Waals surface area contributed by atoms with Gasteiger partial charge in [-0.05, 0) is 33.9 Å². The third kappa shape index (κ3) is 3.07. The topological polar surface area (TPSA) is 32.3 Å². The van der Waals surface area contributed by atoms with Crippen molar-refractivity contribution in [3.63, 3.8) is 0 Å². The highest BCUT2D eigenvalue weighted by molar-refractivity contribution is 6.29. The van der Waals surface area contributed by atoms with E-state index in [0.717, 1.165) is 24.7 Å². The lowest BCUT2D eigenvalue weighted by Crippen LogP contribution is -2.45. The summed E-state index contributed by atoms with van der Waals surface area (Å²) in [6.07, 6.45) is 2.45. The van der Waals surface area contributed by atoms with Crippen LogP contribution in [-0.2, 0) is 0 Å². The maximum atomic E-state index is 5.98. The number of aryl methyl sites for hydroxylation is 1. The standard InChI is InChI=1S/C12H19ClN4/c1-9-14-11(13)7-12(15-9)17-6-4-5-10(8-17)16(2)3/h7,10H,4-6,8H2,1-3H3. The van der Waals surface area contributed by atoms with E-state index in [1.807, 2.05) is 13.0 Å². The average molecular weight is 255 g/mol. The van der Waals surface area contributed by atoms with Gasteiger partial charge in [0.15, 0.2) is 0 Å². The summed E-state index contributed by atoms with van der Waals surface area (Å²) in [6.45, 7) is 3.94. The summed E-state index contributed by atoms with van der Waals surface area (Å²) in [6, 6.07) is 2.45. The molecule has 2 rings (SSSR count). The minimum atomic E-state index is 0.527. The van der Waals surface area contributed by atoms with Crippen molar-refractivity contribution in [2.45, 2.75) is 25.8 Å². The van der Waals surface area contributed by atoms with Gasteiger partial charge in [0, 0.05) is 25.2 Å². The van der Waals surface area contributed by atoms with Crippen molar-refractivity contribution < 1.29 is 0 Å². The van der Waals surface area contributed by atoms with Crippen LogP contribution in [0.4, 0.5) is 5.82 Å². The lowest BCUT2D eigenvalue weighted by Gasteiger charge is -2.36. The van der Waals surface area contributed by atoms with Crippen molar-refractivity contribution >= 4 is 17.4 Å². The van der Waals surface area contributed by atoms with E-state index in [1.54, 1.807) is 0 Å². The van der Waals surface area contributed by atoms with Crippen molar-refractivity contribution in [2.75, 3.05) is 32.1 Å². The summed E-state index contributed by atoms with van der Waals surface area (Å²) >= 11 is 5.98. The van der Waals surface area contributed by atoms with Crippen molar-refractivity contribution in [1.82, 2.24) is 14.9 Å². The summed E-state index contributed by atoms with van der Waals surface area (Å²) in [4.78, 5) is 13.1. The molecule has 0 spiro atoms. The molecule has 1 aromatic heterocycles. The van der Waals surface area contributed by atoms with Crippen LogP contribution in [0.15, 0.2) is 6.07 Å². The summed E-state index contributed by atoms with van der Waals surface area (Å²) in [5.41, 5.74) is 0. The van der Waals surface area contributed by atoms with E-state index in [0.29, 0.717) is 11.2 Å². The van der Waals surface area contributed by atoms with Gasteiger partial charge < -0.3 is 9.80 Å². The number of nitrogens with zero attached hydrogens (tertiary/aromatic N) is 4. The monoisotopic (exact) mass is 254 g/mol. The van der Waals surface area contributed by atoms with Crippen molar-refractivity contribution in [3.8, 4) is 0 Å². The van der Waals surface area contributed by atoms with E-state index < -0.39 is 0 Å². The molecule has 0 N–H and O–H groups in total. The summed E-state index contributed by atoms with van der Waals surface area (Å²) in [5.74, 6) is 1.69. The van der Waals surface area contributed by atoms with Crippen LogP contribution < -0.4 is 4.90 Å². The number of halogens is 1. The molecule has 4 nitrogen and oxygen atoms in total. The zero-order valence-corrected chi connectivity index (χ0v) is 11.4. The Morgan fingerprint density at radius 1 is 1.41 bits per heavy atom. The highest BCUT2D eigenvalue weighted by atomic mass is 35.5. The average Bonchev–Trinajstić information content (AvgIpc) is 2.28. The first-order valence-corrected chi connectivity index (χ1v) is 6.36. The van der Waals surface area contributed by atoms with E-state index in [2.05, 4.69) is 33.9 Å². The van der Waals surface area contributed by atoms with Gasteiger partial charge in [-0.2, -0.15) is 0 Å². The lowest BCUT2D eigenvalue weighted by molar-refractivity contribution is 0.257. The van der Waals surface area contributed by atoms with Crippen LogP contribution in [0.3, 0.4) is 0 Å². The number of hydrogen-bond acceptors (Lipinski definition) is 4. The Kier molecular flexibility index (Phi) is 3.84. The maximum Gasteiger partial charge on any atom is 0.134 e. The Morgan fingerprint density at radius 2 is 2.18 bits per heavy atom. The van der Waals surface area contributed by atoms with E-state index in [-0.39, 0.29) is 0 Å². The summed E-state index contributed by atoms with van der Waals surface area (Å²) < 4.78 is 0. The van der Waals surface area contributed by atoms with Crippen molar-refractivity contribution in [3.05, 3.63) is 17.0 Å². The molecule has 1 unspecified atom stereocenters. The molecule has 0 amide bonds. The predicted molar refractivity (Wildman–Crippen MR) is 70.7 cm³/mol. The molecule has 1 saturated heterocycles. The normalized spacial score (nSPS) is 21.0. The molecule has 1 aliphatic rings. The van der Waals surface area contributed by atoms with E-state index >= 15 is 0 Å². The predicted octanol–water partition coefficient (Wildman–Crippen LogP) is 1.97.